The number of nitro groups is 1. The van der Waals surface area contributed by atoms with E-state index in [0.29, 0.717) is 6.54 Å². The molecule has 2 aromatic carbocycles. The van der Waals surface area contributed by atoms with E-state index in [0.717, 1.165) is 25.1 Å². The summed E-state index contributed by atoms with van der Waals surface area (Å²) in [6.07, 6.45) is 4.50. The molecule has 152 valence electrons. The zero-order chi connectivity index (χ0) is 20.9. The predicted molar refractivity (Wildman–Crippen MR) is 113 cm³/mol. The second kappa shape index (κ2) is 8.84. The highest BCUT2D eigenvalue weighted by Gasteiger charge is 2.25. The van der Waals surface area contributed by atoms with Gasteiger partial charge in [-0.2, -0.15) is 0 Å². The molecule has 1 aliphatic heterocycles. The minimum absolute atomic E-state index is 0.0466. The molecule has 7 heteroatoms. The number of nitrogens with one attached hydrogen (secondary N) is 1. The Morgan fingerprint density at radius 2 is 1.97 bits per heavy atom. The Balaban J connectivity index is 1.52. The summed E-state index contributed by atoms with van der Waals surface area (Å²) in [5.74, 6) is -0.329. The van der Waals surface area contributed by atoms with Crippen LogP contribution < -0.4 is 5.32 Å². The zero-order valence-corrected chi connectivity index (χ0v) is 16.4. The third-order valence-electron chi connectivity index (χ3n) is 5.45. The summed E-state index contributed by atoms with van der Waals surface area (Å²) in [7, 11) is 0. The highest BCUT2D eigenvalue weighted by atomic mass is 16.6. The molecule has 0 spiro atoms. The average molecular weight is 402 g/mol. The van der Waals surface area contributed by atoms with E-state index < -0.39 is 4.92 Å². The Kier molecular flexibility index (Phi) is 5.81. The highest BCUT2D eigenvalue weighted by Crippen LogP contribution is 2.27. The predicted octanol–water partition coefficient (Wildman–Crippen LogP) is 3.52. The number of hydrogen-bond acceptors (Lipinski definition) is 5. The van der Waals surface area contributed by atoms with E-state index in [1.54, 1.807) is 12.3 Å². The fourth-order valence-electron chi connectivity index (χ4n) is 3.87. The summed E-state index contributed by atoms with van der Waals surface area (Å²) in [6.45, 7) is 2.06. The average Bonchev–Trinajstić information content (AvgIpc) is 2.79. The van der Waals surface area contributed by atoms with Gasteiger partial charge < -0.3 is 5.32 Å². The maximum absolute atomic E-state index is 12.7. The van der Waals surface area contributed by atoms with E-state index in [-0.39, 0.29) is 23.2 Å². The Bertz CT molecular complexity index is 1060. The van der Waals surface area contributed by atoms with E-state index in [4.69, 9.17) is 0 Å². The number of hydrogen-bond donors (Lipinski definition) is 1. The van der Waals surface area contributed by atoms with Crippen molar-refractivity contribution >= 4 is 11.6 Å². The number of fused-ring (bicyclic) bond motifs is 1. The van der Waals surface area contributed by atoms with Gasteiger partial charge in [-0.05, 0) is 35.2 Å². The van der Waals surface area contributed by atoms with Gasteiger partial charge in [0.15, 0.2) is 0 Å². The van der Waals surface area contributed by atoms with Crippen LogP contribution in [0.5, 0.6) is 0 Å². The van der Waals surface area contributed by atoms with E-state index in [1.165, 1.54) is 29.3 Å². The smallest absolute Gasteiger partial charge is 0.270 e. The minimum Gasteiger partial charge on any atom is -0.350 e. The van der Waals surface area contributed by atoms with Crippen molar-refractivity contribution in [1.82, 2.24) is 15.2 Å². The van der Waals surface area contributed by atoms with Crippen molar-refractivity contribution in [3.8, 4) is 0 Å². The van der Waals surface area contributed by atoms with Crippen molar-refractivity contribution in [3.05, 3.63) is 105 Å². The van der Waals surface area contributed by atoms with Crippen molar-refractivity contribution in [2.75, 3.05) is 13.1 Å². The van der Waals surface area contributed by atoms with Crippen LogP contribution >= 0.6 is 0 Å². The van der Waals surface area contributed by atoms with Gasteiger partial charge in [0.1, 0.15) is 0 Å². The van der Waals surface area contributed by atoms with Crippen LogP contribution in [0.3, 0.4) is 0 Å². The normalized spacial score (nSPS) is 14.5. The number of benzene rings is 2. The van der Waals surface area contributed by atoms with Crippen LogP contribution in [0.2, 0.25) is 0 Å². The molecule has 3 aromatic rings. The topological polar surface area (TPSA) is 88.4 Å². The molecule has 1 aliphatic rings. The standard InChI is InChI=1S/C23H22N4O3/c28-23(18-7-3-9-21(13-18)27(29)30)25-15-22(19-8-4-11-24-14-19)26-12-10-17-5-1-2-6-20(17)16-26/h1-9,11,13-14,22H,10,12,15-16H2,(H,25,28)/t22-/m1/s1. The molecule has 30 heavy (non-hydrogen) atoms. The highest BCUT2D eigenvalue weighted by molar-refractivity contribution is 5.94. The molecule has 0 unspecified atom stereocenters. The van der Waals surface area contributed by atoms with Crippen molar-refractivity contribution in [3.63, 3.8) is 0 Å². The van der Waals surface area contributed by atoms with Gasteiger partial charge in [0.2, 0.25) is 0 Å². The molecule has 4 rings (SSSR count). The molecular formula is C23H22N4O3. The molecule has 0 aliphatic carbocycles. The lowest BCUT2D eigenvalue weighted by Gasteiger charge is -2.36. The number of non-ortho nitro benzene ring substituents is 1. The molecule has 0 radical (unpaired) electrons. The molecule has 1 amide bonds. The van der Waals surface area contributed by atoms with Gasteiger partial charge in [0, 0.05) is 49.7 Å². The minimum atomic E-state index is -0.500. The molecule has 0 fully saturated rings. The van der Waals surface area contributed by atoms with Crippen molar-refractivity contribution < 1.29 is 9.72 Å². The number of amides is 1. The first-order valence-electron chi connectivity index (χ1n) is 9.85. The lowest BCUT2D eigenvalue weighted by atomic mass is 9.97. The molecule has 2 heterocycles. The monoisotopic (exact) mass is 402 g/mol. The molecule has 0 bridgehead atoms. The van der Waals surface area contributed by atoms with Gasteiger partial charge in [0.05, 0.1) is 11.0 Å². The van der Waals surface area contributed by atoms with Gasteiger partial charge in [-0.1, -0.05) is 36.4 Å². The third-order valence-corrected chi connectivity index (χ3v) is 5.45. The van der Waals surface area contributed by atoms with E-state index in [2.05, 4.69) is 33.4 Å². The number of nitrogens with zero attached hydrogens (tertiary/aromatic N) is 3. The van der Waals surface area contributed by atoms with Gasteiger partial charge in [-0.3, -0.25) is 24.8 Å². The van der Waals surface area contributed by atoms with Crippen molar-refractivity contribution in [2.24, 2.45) is 0 Å². The first-order chi connectivity index (χ1) is 14.6. The summed E-state index contributed by atoms with van der Waals surface area (Å²) < 4.78 is 0. The second-order valence-electron chi connectivity index (χ2n) is 7.31. The molecule has 1 atom stereocenters. The first kappa shape index (κ1) is 19.7. The maximum Gasteiger partial charge on any atom is 0.270 e. The maximum atomic E-state index is 12.7. The molecule has 1 N–H and O–H groups in total. The molecule has 1 aromatic heterocycles. The Morgan fingerprint density at radius 3 is 2.73 bits per heavy atom. The lowest BCUT2D eigenvalue weighted by Crippen LogP contribution is -2.40. The Hall–Kier alpha value is -3.58. The van der Waals surface area contributed by atoms with Gasteiger partial charge in [-0.25, -0.2) is 0 Å². The Labute approximate surface area is 174 Å². The Morgan fingerprint density at radius 1 is 1.13 bits per heavy atom. The summed E-state index contributed by atoms with van der Waals surface area (Å²) >= 11 is 0. The van der Waals surface area contributed by atoms with Gasteiger partial charge in [-0.15, -0.1) is 0 Å². The quantitative estimate of drug-likeness (QED) is 0.503. The van der Waals surface area contributed by atoms with Crippen LogP contribution in [0, 0.1) is 10.1 Å². The fraction of sp³-hybridized carbons (Fsp3) is 0.217. The van der Waals surface area contributed by atoms with Crippen LogP contribution in [0.25, 0.3) is 0 Å². The summed E-state index contributed by atoms with van der Waals surface area (Å²) in [5, 5.41) is 13.9. The van der Waals surface area contributed by atoms with Gasteiger partial charge in [0.25, 0.3) is 11.6 Å². The van der Waals surface area contributed by atoms with Crippen LogP contribution in [0.4, 0.5) is 5.69 Å². The van der Waals surface area contributed by atoms with Crippen LogP contribution in [0.15, 0.2) is 73.1 Å². The summed E-state index contributed by atoms with van der Waals surface area (Å²) in [4.78, 5) is 29.8. The van der Waals surface area contributed by atoms with E-state index in [9.17, 15) is 14.9 Å². The van der Waals surface area contributed by atoms with Crippen LogP contribution in [-0.2, 0) is 13.0 Å². The first-order valence-corrected chi connectivity index (χ1v) is 9.85. The zero-order valence-electron chi connectivity index (χ0n) is 16.4. The van der Waals surface area contributed by atoms with E-state index >= 15 is 0 Å². The SMILES string of the molecule is O=C(NC[C@H](c1cccnc1)N1CCc2ccccc2C1)c1cccc([N+](=O)[O-])c1. The summed E-state index contributed by atoms with van der Waals surface area (Å²) in [5.41, 5.74) is 3.86. The number of pyridine rings is 1. The van der Waals surface area contributed by atoms with Crippen molar-refractivity contribution in [1.29, 1.82) is 0 Å². The van der Waals surface area contributed by atoms with Gasteiger partial charge >= 0.3 is 0 Å². The number of aromatic nitrogens is 1. The summed E-state index contributed by atoms with van der Waals surface area (Å²) in [6, 6.07) is 18.0. The lowest BCUT2D eigenvalue weighted by molar-refractivity contribution is -0.384. The van der Waals surface area contributed by atoms with Crippen molar-refractivity contribution in [2.45, 2.75) is 19.0 Å². The molecule has 0 saturated carbocycles. The second-order valence-corrected chi connectivity index (χ2v) is 7.31. The molecule has 7 nitrogen and oxygen atoms in total. The molecular weight excluding hydrogens is 380 g/mol. The third kappa shape index (κ3) is 4.36. The van der Waals surface area contributed by atoms with Crippen LogP contribution in [-0.4, -0.2) is 33.8 Å². The number of carbonyl (C=O) groups is 1. The number of rotatable bonds is 6. The van der Waals surface area contributed by atoms with E-state index in [1.807, 2.05) is 24.4 Å². The largest absolute Gasteiger partial charge is 0.350 e. The van der Waals surface area contributed by atoms with Crippen LogP contribution in [0.1, 0.15) is 33.1 Å². The number of nitro benzene ring substituents is 1. The molecule has 0 saturated heterocycles. The number of carbonyl (C=O) groups excluding carboxylic acids is 1. The fourth-order valence-corrected chi connectivity index (χ4v) is 3.87.